The van der Waals surface area contributed by atoms with Crippen molar-refractivity contribution in [1.82, 2.24) is 19.4 Å². The lowest BCUT2D eigenvalue weighted by Gasteiger charge is -2.31. The Hall–Kier alpha value is -3.30. The summed E-state index contributed by atoms with van der Waals surface area (Å²) in [4.78, 5) is 38.1. The molecule has 5 rings (SSSR count). The van der Waals surface area contributed by atoms with Crippen LogP contribution in [-0.2, 0) is 16.1 Å². The Morgan fingerprint density at radius 1 is 1.19 bits per heavy atom. The molecular weight excluding hydrogens is 492 g/mol. The zero-order valence-electron chi connectivity index (χ0n) is 20.3. The number of thiophene rings is 1. The van der Waals surface area contributed by atoms with Gasteiger partial charge in [-0.3, -0.25) is 14.6 Å². The molecule has 186 valence electrons. The van der Waals surface area contributed by atoms with Crippen LogP contribution in [0.25, 0.3) is 22.0 Å². The Bertz CT molecular complexity index is 1340. The van der Waals surface area contributed by atoms with Crippen molar-refractivity contribution in [2.75, 3.05) is 19.7 Å². The molecule has 1 unspecified atom stereocenters. The summed E-state index contributed by atoms with van der Waals surface area (Å²) in [6.07, 6.45) is 5.07. The molecule has 1 aliphatic rings. The molecular formula is C27H28N4O3S2. The van der Waals surface area contributed by atoms with Gasteiger partial charge in [0.2, 0.25) is 0 Å². The minimum atomic E-state index is -0.267. The van der Waals surface area contributed by atoms with Crippen LogP contribution in [-0.4, -0.2) is 51.0 Å². The van der Waals surface area contributed by atoms with Crippen molar-refractivity contribution < 1.29 is 14.3 Å². The highest BCUT2D eigenvalue weighted by atomic mass is 32.1. The van der Waals surface area contributed by atoms with Gasteiger partial charge in [0.15, 0.2) is 0 Å². The van der Waals surface area contributed by atoms with E-state index in [9.17, 15) is 9.59 Å². The third-order valence-electron chi connectivity index (χ3n) is 6.51. The van der Waals surface area contributed by atoms with Gasteiger partial charge < -0.3 is 14.2 Å². The average Bonchev–Trinajstić information content (AvgIpc) is 3.66. The van der Waals surface area contributed by atoms with E-state index in [2.05, 4.69) is 21.0 Å². The molecule has 1 atom stereocenters. The first kappa shape index (κ1) is 24.4. The topological polar surface area (TPSA) is 77.3 Å². The van der Waals surface area contributed by atoms with Crippen LogP contribution in [0.1, 0.15) is 40.7 Å². The van der Waals surface area contributed by atoms with E-state index in [0.717, 1.165) is 40.5 Å². The highest BCUT2D eigenvalue weighted by molar-refractivity contribution is 7.13. The summed E-state index contributed by atoms with van der Waals surface area (Å²) in [5.41, 5.74) is 4.34. The highest BCUT2D eigenvalue weighted by Crippen LogP contribution is 2.33. The Balaban J connectivity index is 1.48. The van der Waals surface area contributed by atoms with Crippen LogP contribution in [0.5, 0.6) is 0 Å². The third-order valence-corrected chi connectivity index (χ3v) is 8.27. The second-order valence-electron chi connectivity index (χ2n) is 8.81. The maximum absolute atomic E-state index is 13.7. The quantitative estimate of drug-likeness (QED) is 0.301. The number of amides is 1. The lowest BCUT2D eigenvalue weighted by Crippen LogP contribution is -2.43. The summed E-state index contributed by atoms with van der Waals surface area (Å²) >= 11 is 3.27. The van der Waals surface area contributed by atoms with E-state index in [1.165, 1.54) is 4.88 Å². The number of rotatable bonds is 7. The summed E-state index contributed by atoms with van der Waals surface area (Å²) in [6, 6.07) is 10.0. The molecule has 4 aromatic rings. The van der Waals surface area contributed by atoms with E-state index in [1.54, 1.807) is 40.0 Å². The SMILES string of the molecule is CCOC(=O)C1CCCN(C(=O)c2cc(-c3csc(-c4ccncc4)n3)n(Cc3cccs3)c2C)C1. The smallest absolute Gasteiger partial charge is 0.310 e. The van der Waals surface area contributed by atoms with Gasteiger partial charge >= 0.3 is 5.97 Å². The number of ether oxygens (including phenoxy) is 1. The minimum absolute atomic E-state index is 0.0442. The second kappa shape index (κ2) is 10.8. The second-order valence-corrected chi connectivity index (χ2v) is 10.7. The predicted octanol–water partition coefficient (Wildman–Crippen LogP) is 5.51. The van der Waals surface area contributed by atoms with Crippen molar-refractivity contribution in [3.63, 3.8) is 0 Å². The molecule has 1 fully saturated rings. The molecule has 0 aromatic carbocycles. The molecule has 0 radical (unpaired) electrons. The van der Waals surface area contributed by atoms with Crippen LogP contribution in [0.2, 0.25) is 0 Å². The fraction of sp³-hybridized carbons (Fsp3) is 0.333. The number of likely N-dealkylation sites (tertiary alicyclic amines) is 1. The van der Waals surface area contributed by atoms with Crippen molar-refractivity contribution in [3.05, 3.63) is 69.6 Å². The number of hydrogen-bond acceptors (Lipinski definition) is 7. The molecule has 1 aliphatic heterocycles. The Kier molecular flexibility index (Phi) is 7.29. The van der Waals surface area contributed by atoms with Gasteiger partial charge in [-0.15, -0.1) is 22.7 Å². The molecule has 7 nitrogen and oxygen atoms in total. The predicted molar refractivity (Wildman–Crippen MR) is 142 cm³/mol. The van der Waals surface area contributed by atoms with E-state index in [-0.39, 0.29) is 17.8 Å². The molecule has 0 aliphatic carbocycles. The zero-order chi connectivity index (χ0) is 25.1. The third kappa shape index (κ3) is 4.99. The maximum atomic E-state index is 13.7. The molecule has 0 bridgehead atoms. The number of esters is 1. The van der Waals surface area contributed by atoms with Crippen LogP contribution in [0.4, 0.5) is 0 Å². The van der Waals surface area contributed by atoms with Gasteiger partial charge in [0.05, 0.1) is 36.0 Å². The monoisotopic (exact) mass is 520 g/mol. The number of aromatic nitrogens is 3. The highest BCUT2D eigenvalue weighted by Gasteiger charge is 2.31. The normalized spacial score (nSPS) is 15.7. The van der Waals surface area contributed by atoms with Crippen LogP contribution in [0, 0.1) is 12.8 Å². The van der Waals surface area contributed by atoms with Crippen molar-refractivity contribution in [2.24, 2.45) is 5.92 Å². The van der Waals surface area contributed by atoms with Crippen molar-refractivity contribution in [3.8, 4) is 22.0 Å². The molecule has 36 heavy (non-hydrogen) atoms. The Morgan fingerprint density at radius 2 is 2.03 bits per heavy atom. The fourth-order valence-corrected chi connectivity index (χ4v) is 6.15. The number of nitrogens with zero attached hydrogens (tertiary/aromatic N) is 4. The van der Waals surface area contributed by atoms with E-state index in [4.69, 9.17) is 9.72 Å². The van der Waals surface area contributed by atoms with Gasteiger partial charge in [-0.25, -0.2) is 4.98 Å². The average molecular weight is 521 g/mol. The lowest BCUT2D eigenvalue weighted by molar-refractivity contribution is -0.149. The van der Waals surface area contributed by atoms with Gasteiger partial charge in [0.25, 0.3) is 5.91 Å². The maximum Gasteiger partial charge on any atom is 0.310 e. The van der Waals surface area contributed by atoms with Crippen molar-refractivity contribution in [2.45, 2.75) is 33.2 Å². The first-order valence-electron chi connectivity index (χ1n) is 12.1. The van der Waals surface area contributed by atoms with Gasteiger partial charge in [-0.2, -0.15) is 0 Å². The zero-order valence-corrected chi connectivity index (χ0v) is 22.0. The van der Waals surface area contributed by atoms with E-state index in [1.807, 2.05) is 43.5 Å². The lowest BCUT2D eigenvalue weighted by atomic mass is 9.97. The first-order valence-corrected chi connectivity index (χ1v) is 13.9. The molecule has 0 spiro atoms. The Morgan fingerprint density at radius 3 is 2.78 bits per heavy atom. The van der Waals surface area contributed by atoms with Crippen LogP contribution in [0.3, 0.4) is 0 Å². The minimum Gasteiger partial charge on any atom is -0.466 e. The molecule has 5 heterocycles. The number of pyridine rings is 1. The van der Waals surface area contributed by atoms with Gasteiger partial charge in [0, 0.05) is 47.0 Å². The summed E-state index contributed by atoms with van der Waals surface area (Å²) in [5.74, 6) is -0.525. The summed E-state index contributed by atoms with van der Waals surface area (Å²) in [6.45, 7) is 5.86. The van der Waals surface area contributed by atoms with Gasteiger partial charge in [-0.1, -0.05) is 6.07 Å². The number of carbonyl (C=O) groups excluding carboxylic acids is 2. The molecule has 1 amide bonds. The standard InChI is InChI=1S/C27H28N4O3S2/c1-3-34-27(33)20-6-4-12-30(15-20)26(32)22-14-24(31(18(22)2)16-21-7-5-13-35-21)23-17-36-25(29-23)19-8-10-28-11-9-19/h5,7-11,13-14,17,20H,3-4,6,12,15-16H2,1-2H3. The van der Waals surface area contributed by atoms with Gasteiger partial charge in [0.1, 0.15) is 5.01 Å². The molecule has 0 N–H and O–H groups in total. The van der Waals surface area contributed by atoms with Crippen LogP contribution >= 0.6 is 22.7 Å². The van der Waals surface area contributed by atoms with E-state index < -0.39 is 0 Å². The summed E-state index contributed by atoms with van der Waals surface area (Å²) in [7, 11) is 0. The van der Waals surface area contributed by atoms with E-state index >= 15 is 0 Å². The molecule has 4 aromatic heterocycles. The number of thiazole rings is 1. The van der Waals surface area contributed by atoms with Crippen LogP contribution in [0.15, 0.2) is 53.5 Å². The molecule has 0 saturated carbocycles. The molecule has 9 heteroatoms. The van der Waals surface area contributed by atoms with Crippen LogP contribution < -0.4 is 0 Å². The number of piperidine rings is 1. The summed E-state index contributed by atoms with van der Waals surface area (Å²) in [5, 5.41) is 5.02. The first-order chi connectivity index (χ1) is 17.5. The fourth-order valence-electron chi connectivity index (χ4n) is 4.64. The number of carbonyl (C=O) groups is 2. The van der Waals surface area contributed by atoms with Gasteiger partial charge in [-0.05, 0) is 56.3 Å². The summed E-state index contributed by atoms with van der Waals surface area (Å²) < 4.78 is 7.40. The van der Waals surface area contributed by atoms with Crippen molar-refractivity contribution >= 4 is 34.6 Å². The molecule has 1 saturated heterocycles. The van der Waals surface area contributed by atoms with E-state index in [0.29, 0.717) is 31.8 Å². The number of hydrogen-bond donors (Lipinski definition) is 0. The largest absolute Gasteiger partial charge is 0.466 e. The Labute approximate surface area is 218 Å². The van der Waals surface area contributed by atoms with Crippen molar-refractivity contribution in [1.29, 1.82) is 0 Å².